The van der Waals surface area contributed by atoms with E-state index in [1.807, 2.05) is 75.4 Å². The van der Waals surface area contributed by atoms with Crippen molar-refractivity contribution in [2.45, 2.75) is 38.6 Å². The van der Waals surface area contributed by atoms with Gasteiger partial charge in [0.2, 0.25) is 5.91 Å². The Morgan fingerprint density at radius 3 is 2.40 bits per heavy atom. The predicted molar refractivity (Wildman–Crippen MR) is 169 cm³/mol. The highest BCUT2D eigenvalue weighted by atomic mass is 35.5. The number of fused-ring (bicyclic) bond motifs is 1. The summed E-state index contributed by atoms with van der Waals surface area (Å²) in [6.07, 6.45) is 7.49. The van der Waals surface area contributed by atoms with Crippen molar-refractivity contribution in [1.82, 2.24) is 20.5 Å². The summed E-state index contributed by atoms with van der Waals surface area (Å²) in [4.78, 5) is 37.8. The molecule has 0 aliphatic rings. The van der Waals surface area contributed by atoms with Gasteiger partial charge in [-0.15, -0.1) is 11.3 Å². The molecule has 0 fully saturated rings. The highest BCUT2D eigenvalue weighted by molar-refractivity contribution is 7.18. The third-order valence-corrected chi connectivity index (χ3v) is 6.27. The van der Waals surface area contributed by atoms with Crippen LogP contribution in [0.4, 0.5) is 0 Å². The number of aromatic nitrogens is 1. The fourth-order valence-electron chi connectivity index (χ4n) is 3.22. The number of benzene rings is 2. The van der Waals surface area contributed by atoms with Crippen molar-refractivity contribution in [2.75, 3.05) is 41.3 Å². The van der Waals surface area contributed by atoms with Gasteiger partial charge in [-0.2, -0.15) is 0 Å². The molecule has 1 aromatic heterocycles. The molecule has 1 unspecified atom stereocenters. The maximum atomic E-state index is 12.4. The van der Waals surface area contributed by atoms with Crippen LogP contribution in [0.1, 0.15) is 30.3 Å². The number of aldehydes is 2. The Balaban J connectivity index is 0.000000908. The number of allylic oxidation sites excluding steroid dienone is 1. The van der Waals surface area contributed by atoms with Crippen LogP contribution in [0.5, 0.6) is 0 Å². The second kappa shape index (κ2) is 23.9. The van der Waals surface area contributed by atoms with Gasteiger partial charge in [0.1, 0.15) is 12.6 Å². The maximum absolute atomic E-state index is 12.4. The maximum Gasteiger partial charge on any atom is 0.220 e. The predicted octanol–water partition coefficient (Wildman–Crippen LogP) is 4.30. The van der Waals surface area contributed by atoms with Crippen LogP contribution in [0.3, 0.4) is 0 Å². The van der Waals surface area contributed by atoms with Gasteiger partial charge >= 0.3 is 0 Å². The first kappa shape index (κ1) is 37.1. The number of nitrogens with two attached hydrogens (primary N) is 1. The molecule has 3 rings (SSSR count). The van der Waals surface area contributed by atoms with Gasteiger partial charge in [-0.05, 0) is 64.5 Å². The van der Waals surface area contributed by atoms with Crippen LogP contribution in [0.25, 0.3) is 10.2 Å². The number of thiazole rings is 1. The number of rotatable bonds is 12. The molecule has 0 radical (unpaired) electrons. The molecule has 1 atom stereocenters. The van der Waals surface area contributed by atoms with E-state index in [-0.39, 0.29) is 11.9 Å². The molecule has 0 aliphatic carbocycles. The number of nitrogens with zero attached hydrogens (tertiary/aromatic N) is 2. The standard InChI is InChI=1S/C20H22ClN3OS.C6H11NO.C3H6O.CH5N/c1-22-13-16(11-14-5-3-2-4-6-14)23-19(25)9-10-20-24-17-8-7-15(21)12-18(17)26-20;1-7(2)5-3-4-6-8;1-2-3-4;1-2/h2-8,12,16,22H,9-11,13H2,1H3,(H,23,25);3-4,6H,5H2,1-2H3;3H,2H2,1H3;2H2,1H3/b;4-3+;;. The summed E-state index contributed by atoms with van der Waals surface area (Å²) < 4.78 is 1.06. The van der Waals surface area contributed by atoms with Crippen LogP contribution < -0.4 is 16.4 Å². The monoisotopic (exact) mass is 589 g/mol. The van der Waals surface area contributed by atoms with Gasteiger partial charge in [0.05, 0.1) is 15.2 Å². The Morgan fingerprint density at radius 1 is 1.15 bits per heavy atom. The third-order valence-electron chi connectivity index (χ3n) is 4.95. The van der Waals surface area contributed by atoms with Gasteiger partial charge in [0, 0.05) is 43.4 Å². The first-order valence-electron chi connectivity index (χ1n) is 13.1. The molecule has 40 heavy (non-hydrogen) atoms. The number of amides is 1. The number of hydrogen-bond donors (Lipinski definition) is 3. The first-order chi connectivity index (χ1) is 19.3. The molecule has 10 heteroatoms. The molecule has 2 aromatic carbocycles. The summed E-state index contributed by atoms with van der Waals surface area (Å²) in [6.45, 7) is 3.38. The Bertz CT molecular complexity index is 1120. The number of carbonyl (C=O) groups is 3. The van der Waals surface area contributed by atoms with Gasteiger partial charge in [-0.1, -0.05) is 54.9 Å². The van der Waals surface area contributed by atoms with E-state index in [9.17, 15) is 14.4 Å². The number of carbonyl (C=O) groups excluding carboxylic acids is 3. The molecule has 220 valence electrons. The summed E-state index contributed by atoms with van der Waals surface area (Å²) in [5.74, 6) is 0.0541. The molecular weight excluding hydrogens is 546 g/mol. The van der Waals surface area contributed by atoms with Crippen LogP contribution in [0, 0.1) is 0 Å². The van der Waals surface area contributed by atoms with Crippen molar-refractivity contribution in [2.24, 2.45) is 5.73 Å². The van der Waals surface area contributed by atoms with Crippen molar-refractivity contribution in [3.8, 4) is 0 Å². The second-order valence-corrected chi connectivity index (χ2v) is 10.2. The lowest BCUT2D eigenvalue weighted by Gasteiger charge is -2.18. The molecular formula is C30H44ClN5O3S. The second-order valence-electron chi connectivity index (χ2n) is 8.63. The van der Waals surface area contributed by atoms with Crippen LogP contribution >= 0.6 is 22.9 Å². The molecule has 4 N–H and O–H groups in total. The Morgan fingerprint density at radius 2 is 1.82 bits per heavy atom. The van der Waals surface area contributed by atoms with Crippen LogP contribution in [0.15, 0.2) is 60.7 Å². The van der Waals surface area contributed by atoms with E-state index in [2.05, 4.69) is 33.5 Å². The topological polar surface area (TPSA) is 117 Å². The molecule has 8 nitrogen and oxygen atoms in total. The van der Waals surface area contributed by atoms with E-state index in [0.29, 0.717) is 24.3 Å². The zero-order chi connectivity index (χ0) is 30.2. The minimum atomic E-state index is 0.0541. The highest BCUT2D eigenvalue weighted by Crippen LogP contribution is 2.25. The number of likely N-dealkylation sites (N-methyl/N-ethyl adjacent to an activating group) is 2. The van der Waals surface area contributed by atoms with Gasteiger partial charge in [0.25, 0.3) is 0 Å². The average molecular weight is 590 g/mol. The minimum absolute atomic E-state index is 0.0541. The summed E-state index contributed by atoms with van der Waals surface area (Å²) >= 11 is 7.62. The third kappa shape index (κ3) is 17.6. The molecule has 0 bridgehead atoms. The Labute approximate surface area is 248 Å². The van der Waals surface area contributed by atoms with Gasteiger partial charge in [-0.25, -0.2) is 4.98 Å². The van der Waals surface area contributed by atoms with E-state index < -0.39 is 0 Å². The van der Waals surface area contributed by atoms with Crippen molar-refractivity contribution in [3.63, 3.8) is 0 Å². The van der Waals surface area contributed by atoms with E-state index >= 15 is 0 Å². The smallest absolute Gasteiger partial charge is 0.220 e. The number of aryl methyl sites for hydroxylation is 1. The van der Waals surface area contributed by atoms with Gasteiger partial charge < -0.3 is 26.1 Å². The molecule has 0 saturated heterocycles. The van der Waals surface area contributed by atoms with Crippen LogP contribution in [-0.2, 0) is 27.2 Å². The lowest BCUT2D eigenvalue weighted by Crippen LogP contribution is -2.42. The normalized spacial score (nSPS) is 10.9. The zero-order valence-corrected chi connectivity index (χ0v) is 25.8. The molecule has 1 amide bonds. The Kier molecular flexibility index (Phi) is 22.1. The van der Waals surface area contributed by atoms with Crippen molar-refractivity contribution in [3.05, 3.63) is 76.3 Å². The lowest BCUT2D eigenvalue weighted by atomic mass is 10.1. The van der Waals surface area contributed by atoms with E-state index in [1.165, 1.54) is 18.7 Å². The Hall–Kier alpha value is -2.95. The van der Waals surface area contributed by atoms with Crippen LogP contribution in [-0.4, -0.2) is 75.7 Å². The SMILES string of the molecule is CCC=O.CN.CN(C)C/C=C/C=O.CNCC(Cc1ccccc1)NC(=O)CCc1nc2ccc(Cl)cc2s1. The quantitative estimate of drug-likeness (QED) is 0.213. The van der Waals surface area contributed by atoms with Crippen molar-refractivity contribution >= 4 is 51.6 Å². The summed E-state index contributed by atoms with van der Waals surface area (Å²) in [6, 6.07) is 16.0. The molecule has 0 spiro atoms. The van der Waals surface area contributed by atoms with E-state index in [0.717, 1.165) is 47.3 Å². The van der Waals surface area contributed by atoms with Gasteiger partial charge in [0.15, 0.2) is 0 Å². The number of halogens is 1. The lowest BCUT2D eigenvalue weighted by molar-refractivity contribution is -0.121. The molecule has 0 saturated carbocycles. The molecule has 0 aliphatic heterocycles. The minimum Gasteiger partial charge on any atom is -0.352 e. The largest absolute Gasteiger partial charge is 0.352 e. The molecule has 3 aromatic rings. The summed E-state index contributed by atoms with van der Waals surface area (Å²) in [5.41, 5.74) is 6.66. The fourth-order valence-corrected chi connectivity index (χ4v) is 4.46. The molecule has 1 heterocycles. The summed E-state index contributed by atoms with van der Waals surface area (Å²) in [5, 5.41) is 7.96. The average Bonchev–Trinajstić information content (AvgIpc) is 3.36. The van der Waals surface area contributed by atoms with E-state index in [1.54, 1.807) is 11.3 Å². The number of hydrogen-bond acceptors (Lipinski definition) is 8. The first-order valence-corrected chi connectivity index (χ1v) is 14.3. The number of nitrogens with one attached hydrogen (secondary N) is 2. The van der Waals surface area contributed by atoms with Crippen molar-refractivity contribution in [1.29, 1.82) is 0 Å². The highest BCUT2D eigenvalue weighted by Gasteiger charge is 2.13. The van der Waals surface area contributed by atoms with Gasteiger partial charge in [-0.3, -0.25) is 9.59 Å². The zero-order valence-electron chi connectivity index (χ0n) is 24.2. The summed E-state index contributed by atoms with van der Waals surface area (Å²) in [7, 11) is 7.31. The van der Waals surface area contributed by atoms with E-state index in [4.69, 9.17) is 11.6 Å². The fraction of sp³-hybridized carbons (Fsp3) is 0.400. The van der Waals surface area contributed by atoms with Crippen LogP contribution in [0.2, 0.25) is 5.02 Å². The van der Waals surface area contributed by atoms with Crippen molar-refractivity contribution < 1.29 is 14.4 Å².